The van der Waals surface area contributed by atoms with E-state index in [4.69, 9.17) is 18.9 Å². The van der Waals surface area contributed by atoms with Crippen LogP contribution in [-0.2, 0) is 18.9 Å². The minimum atomic E-state index is -1.72. The molecular formula is C28H26O9. The first-order chi connectivity index (χ1) is 17.9. The van der Waals surface area contributed by atoms with Crippen molar-refractivity contribution in [3.63, 3.8) is 0 Å². The third-order valence-corrected chi connectivity index (χ3v) is 6.02. The van der Waals surface area contributed by atoms with Crippen LogP contribution in [0.25, 0.3) is 0 Å². The number of esters is 3. The number of carbonyl (C=O) groups is 3. The molecule has 9 heteroatoms. The molecule has 4 rings (SSSR count). The molecule has 37 heavy (non-hydrogen) atoms. The fraction of sp³-hybridized carbons (Fsp3) is 0.250. The van der Waals surface area contributed by atoms with Crippen molar-refractivity contribution < 1.29 is 43.5 Å². The third-order valence-electron chi connectivity index (χ3n) is 6.02. The number of methoxy groups -OCH3 is 1. The number of ether oxygens (including phenoxy) is 4. The summed E-state index contributed by atoms with van der Waals surface area (Å²) in [5, 5.41) is 21.7. The molecule has 3 aromatic carbocycles. The maximum atomic E-state index is 13.0. The van der Waals surface area contributed by atoms with E-state index in [1.807, 2.05) is 0 Å². The van der Waals surface area contributed by atoms with Crippen LogP contribution in [0.15, 0.2) is 91.0 Å². The average molecular weight is 507 g/mol. The van der Waals surface area contributed by atoms with Crippen LogP contribution < -0.4 is 0 Å². The Labute approximate surface area is 213 Å². The summed E-state index contributed by atoms with van der Waals surface area (Å²) in [4.78, 5) is 38.8. The number of rotatable bonds is 7. The summed E-state index contributed by atoms with van der Waals surface area (Å²) in [6.45, 7) is 0. The molecule has 0 aliphatic heterocycles. The van der Waals surface area contributed by atoms with Gasteiger partial charge in [0.05, 0.1) is 16.7 Å². The van der Waals surface area contributed by atoms with Gasteiger partial charge in [-0.1, -0.05) is 54.6 Å². The van der Waals surface area contributed by atoms with E-state index in [0.717, 1.165) is 0 Å². The number of benzene rings is 3. The minimum absolute atomic E-state index is 0.170. The molecule has 0 unspecified atom stereocenters. The van der Waals surface area contributed by atoms with Gasteiger partial charge >= 0.3 is 17.9 Å². The van der Waals surface area contributed by atoms with E-state index in [1.54, 1.807) is 54.6 Å². The highest BCUT2D eigenvalue weighted by Crippen LogP contribution is 2.32. The van der Waals surface area contributed by atoms with Crippen molar-refractivity contribution in [1.29, 1.82) is 0 Å². The van der Waals surface area contributed by atoms with Crippen molar-refractivity contribution >= 4 is 17.9 Å². The second-order valence-corrected chi connectivity index (χ2v) is 8.39. The summed E-state index contributed by atoms with van der Waals surface area (Å²) in [6.07, 6.45) is -9.20. The SMILES string of the molecule is CO[C@@H]1[C@H](O)[C@@H](O)[C@@H](OC(=O)c2ccccc2)[C@H](OC(=O)c2ccccc2)[C@H]1OC(=O)c1ccccc1. The van der Waals surface area contributed by atoms with Gasteiger partial charge in [0, 0.05) is 7.11 Å². The summed E-state index contributed by atoms with van der Waals surface area (Å²) >= 11 is 0. The molecule has 2 N–H and O–H groups in total. The quantitative estimate of drug-likeness (QED) is 0.367. The molecule has 0 heterocycles. The van der Waals surface area contributed by atoms with Crippen molar-refractivity contribution in [2.24, 2.45) is 0 Å². The second kappa shape index (κ2) is 11.8. The summed E-state index contributed by atoms with van der Waals surface area (Å²) in [5.41, 5.74) is 0.548. The Morgan fingerprint density at radius 2 is 0.811 bits per heavy atom. The Morgan fingerprint density at radius 3 is 1.16 bits per heavy atom. The molecule has 0 saturated heterocycles. The Hall–Kier alpha value is -4.05. The van der Waals surface area contributed by atoms with Gasteiger partial charge in [0.2, 0.25) is 0 Å². The molecule has 1 aliphatic rings. The molecule has 9 nitrogen and oxygen atoms in total. The highest BCUT2D eigenvalue weighted by molar-refractivity contribution is 5.91. The molecule has 3 aromatic rings. The van der Waals surface area contributed by atoms with Gasteiger partial charge in [-0.3, -0.25) is 0 Å². The van der Waals surface area contributed by atoms with Gasteiger partial charge in [-0.2, -0.15) is 0 Å². The highest BCUT2D eigenvalue weighted by atomic mass is 16.6. The normalized spacial score (nSPS) is 25.1. The zero-order chi connectivity index (χ0) is 26.4. The summed E-state index contributed by atoms with van der Waals surface area (Å²) in [7, 11) is 1.25. The number of aliphatic hydroxyl groups is 2. The third kappa shape index (κ3) is 5.86. The van der Waals surface area contributed by atoms with Crippen molar-refractivity contribution in [2.75, 3.05) is 7.11 Å². The van der Waals surface area contributed by atoms with Crippen LogP contribution >= 0.6 is 0 Å². The van der Waals surface area contributed by atoms with Crippen LogP contribution in [0.2, 0.25) is 0 Å². The Bertz CT molecular complexity index is 1200. The van der Waals surface area contributed by atoms with Crippen molar-refractivity contribution in [2.45, 2.75) is 36.6 Å². The molecular weight excluding hydrogens is 480 g/mol. The van der Waals surface area contributed by atoms with Crippen molar-refractivity contribution in [3.8, 4) is 0 Å². The number of hydrogen-bond donors (Lipinski definition) is 2. The van der Waals surface area contributed by atoms with Crippen LogP contribution in [0.4, 0.5) is 0 Å². The van der Waals surface area contributed by atoms with Gasteiger partial charge in [0.25, 0.3) is 0 Å². The molecule has 0 bridgehead atoms. The lowest BCUT2D eigenvalue weighted by atomic mass is 9.84. The molecule has 0 amide bonds. The monoisotopic (exact) mass is 506 g/mol. The molecule has 0 radical (unpaired) electrons. The lowest BCUT2D eigenvalue weighted by Crippen LogP contribution is -2.67. The molecule has 1 aliphatic carbocycles. The predicted molar refractivity (Wildman–Crippen MR) is 130 cm³/mol. The zero-order valence-electron chi connectivity index (χ0n) is 19.9. The van der Waals surface area contributed by atoms with Gasteiger partial charge < -0.3 is 29.2 Å². The van der Waals surface area contributed by atoms with Gasteiger partial charge in [0.15, 0.2) is 18.3 Å². The zero-order valence-corrected chi connectivity index (χ0v) is 19.9. The van der Waals surface area contributed by atoms with E-state index in [0.29, 0.717) is 0 Å². The van der Waals surface area contributed by atoms with Crippen molar-refractivity contribution in [3.05, 3.63) is 108 Å². The maximum absolute atomic E-state index is 13.0. The fourth-order valence-electron chi connectivity index (χ4n) is 4.13. The van der Waals surface area contributed by atoms with Crippen LogP contribution in [0.3, 0.4) is 0 Å². The summed E-state index contributed by atoms with van der Waals surface area (Å²) in [5.74, 6) is -2.43. The smallest absolute Gasteiger partial charge is 0.338 e. The first kappa shape index (κ1) is 26.0. The highest BCUT2D eigenvalue weighted by Gasteiger charge is 2.56. The van der Waals surface area contributed by atoms with Crippen LogP contribution in [0.5, 0.6) is 0 Å². The van der Waals surface area contributed by atoms with Crippen molar-refractivity contribution in [1.82, 2.24) is 0 Å². The maximum Gasteiger partial charge on any atom is 0.338 e. The lowest BCUT2D eigenvalue weighted by Gasteiger charge is -2.45. The Morgan fingerprint density at radius 1 is 0.514 bits per heavy atom. The molecule has 1 saturated carbocycles. The summed E-state index contributed by atoms with van der Waals surface area (Å²) < 4.78 is 22.3. The molecule has 0 aromatic heterocycles. The van der Waals surface area contributed by atoms with E-state index < -0.39 is 54.5 Å². The molecule has 0 spiro atoms. The lowest BCUT2D eigenvalue weighted by molar-refractivity contribution is -0.229. The Balaban J connectivity index is 1.70. The molecule has 6 atom stereocenters. The van der Waals surface area contributed by atoms with Gasteiger partial charge in [-0.05, 0) is 36.4 Å². The van der Waals surface area contributed by atoms with E-state index in [2.05, 4.69) is 0 Å². The number of carbonyl (C=O) groups excluding carboxylic acids is 3. The Kier molecular flexibility index (Phi) is 8.29. The number of hydrogen-bond acceptors (Lipinski definition) is 9. The second-order valence-electron chi connectivity index (χ2n) is 8.39. The van der Waals surface area contributed by atoms with E-state index >= 15 is 0 Å². The molecule has 192 valence electrons. The largest absolute Gasteiger partial charge is 0.452 e. The van der Waals surface area contributed by atoms with Gasteiger partial charge in [-0.25, -0.2) is 14.4 Å². The first-order valence-electron chi connectivity index (χ1n) is 11.6. The standard InChI is InChI=1S/C28H26O9/c1-34-22-20(29)21(30)23(35-26(31)17-11-5-2-6-12-17)25(37-28(33)19-15-9-4-10-16-19)24(22)36-27(32)18-13-7-3-8-14-18/h2-16,20-25,29-30H,1H3/t20-,21-,22-,23-,24+,25+/m1/s1. The average Bonchev–Trinajstić information content (AvgIpc) is 2.94. The first-order valence-corrected chi connectivity index (χ1v) is 11.6. The fourth-order valence-corrected chi connectivity index (χ4v) is 4.13. The van der Waals surface area contributed by atoms with E-state index in [9.17, 15) is 24.6 Å². The van der Waals surface area contributed by atoms with Crippen LogP contribution in [0.1, 0.15) is 31.1 Å². The van der Waals surface area contributed by atoms with Crippen LogP contribution in [-0.4, -0.2) is 71.9 Å². The van der Waals surface area contributed by atoms with E-state index in [1.165, 1.54) is 43.5 Å². The van der Waals surface area contributed by atoms with E-state index in [-0.39, 0.29) is 16.7 Å². The molecule has 1 fully saturated rings. The predicted octanol–water partition coefficient (Wildman–Crippen LogP) is 2.41. The number of aliphatic hydroxyl groups excluding tert-OH is 2. The summed E-state index contributed by atoms with van der Waals surface area (Å²) in [6, 6.07) is 24.0. The van der Waals surface area contributed by atoms with Gasteiger partial charge in [0.1, 0.15) is 18.3 Å². The topological polar surface area (TPSA) is 129 Å². The van der Waals surface area contributed by atoms with Gasteiger partial charge in [-0.15, -0.1) is 0 Å². The van der Waals surface area contributed by atoms with Crippen LogP contribution in [0, 0.1) is 0 Å². The minimum Gasteiger partial charge on any atom is -0.452 e.